The van der Waals surface area contributed by atoms with Gasteiger partial charge in [-0.1, -0.05) is 24.3 Å². The summed E-state index contributed by atoms with van der Waals surface area (Å²) in [6.07, 6.45) is 8.26. The molecule has 0 unspecified atom stereocenters. The summed E-state index contributed by atoms with van der Waals surface area (Å²) < 4.78 is 1.88. The van der Waals surface area contributed by atoms with E-state index in [2.05, 4.69) is 69.7 Å². The Hall–Kier alpha value is -3.35. The number of aromatic nitrogens is 3. The fraction of sp³-hybridized carbons (Fsp3) is 0.348. The molecule has 0 aliphatic rings. The second kappa shape index (κ2) is 11.6. The maximum absolute atomic E-state index is 4.69. The van der Waals surface area contributed by atoms with Gasteiger partial charge in [0.05, 0.1) is 6.54 Å². The molecule has 0 aliphatic heterocycles. The van der Waals surface area contributed by atoms with Crippen LogP contribution in [0, 0.1) is 0 Å². The highest BCUT2D eigenvalue weighted by Crippen LogP contribution is 2.12. The molecule has 0 fully saturated rings. The van der Waals surface area contributed by atoms with Crippen LogP contribution in [0.15, 0.2) is 72.4 Å². The summed E-state index contributed by atoms with van der Waals surface area (Å²) >= 11 is 0. The molecule has 0 atom stereocenters. The number of nitrogens with one attached hydrogen (secondary N) is 2. The Kier molecular flexibility index (Phi) is 8.26. The van der Waals surface area contributed by atoms with Crippen LogP contribution in [0.4, 0.5) is 5.69 Å². The van der Waals surface area contributed by atoms with Crippen LogP contribution in [-0.4, -0.2) is 46.7 Å². The molecule has 7 nitrogen and oxygen atoms in total. The van der Waals surface area contributed by atoms with Crippen LogP contribution < -0.4 is 15.5 Å². The molecule has 0 amide bonds. The lowest BCUT2D eigenvalue weighted by Gasteiger charge is -2.23. The van der Waals surface area contributed by atoms with Gasteiger partial charge >= 0.3 is 0 Å². The lowest BCUT2D eigenvalue weighted by molar-refractivity contribution is 0.709. The number of aliphatic imine (C=N–C) groups is 1. The van der Waals surface area contributed by atoms with E-state index in [1.807, 2.05) is 29.1 Å². The summed E-state index contributed by atoms with van der Waals surface area (Å²) in [6, 6.07) is 14.6. The number of rotatable bonds is 10. The van der Waals surface area contributed by atoms with E-state index >= 15 is 0 Å². The van der Waals surface area contributed by atoms with Crippen LogP contribution in [0.1, 0.15) is 25.8 Å². The second-order valence-corrected chi connectivity index (χ2v) is 6.89. The minimum Gasteiger partial charge on any atom is -0.372 e. The highest BCUT2D eigenvalue weighted by atomic mass is 15.2. The summed E-state index contributed by atoms with van der Waals surface area (Å²) in [5.74, 6) is 1.68. The minimum absolute atomic E-state index is 0.581. The molecule has 7 heteroatoms. The van der Waals surface area contributed by atoms with Gasteiger partial charge in [0.2, 0.25) is 0 Å². The van der Waals surface area contributed by atoms with E-state index in [0.29, 0.717) is 6.54 Å². The van der Waals surface area contributed by atoms with Crippen molar-refractivity contribution in [3.63, 3.8) is 0 Å². The number of imidazole rings is 1. The van der Waals surface area contributed by atoms with Crippen LogP contribution in [0.5, 0.6) is 0 Å². The smallest absolute Gasteiger partial charge is 0.191 e. The van der Waals surface area contributed by atoms with Crippen molar-refractivity contribution >= 4 is 11.6 Å². The van der Waals surface area contributed by atoms with E-state index in [-0.39, 0.29) is 0 Å². The number of hydrogen-bond donors (Lipinski definition) is 2. The zero-order valence-electron chi connectivity index (χ0n) is 17.8. The maximum Gasteiger partial charge on any atom is 0.191 e. The molecule has 3 rings (SSSR count). The summed E-state index contributed by atoms with van der Waals surface area (Å²) in [7, 11) is 0. The topological polar surface area (TPSA) is 70.4 Å². The van der Waals surface area contributed by atoms with Crippen LogP contribution in [0.25, 0.3) is 5.82 Å². The van der Waals surface area contributed by atoms with Crippen LogP contribution >= 0.6 is 0 Å². The van der Waals surface area contributed by atoms with Gasteiger partial charge in [-0.15, -0.1) is 0 Å². The molecule has 1 aromatic carbocycles. The third-order valence-electron chi connectivity index (χ3n) is 4.74. The zero-order valence-corrected chi connectivity index (χ0v) is 17.8. The zero-order chi connectivity index (χ0) is 21.0. The average molecular weight is 406 g/mol. The molecule has 2 aromatic heterocycles. The van der Waals surface area contributed by atoms with Gasteiger partial charge in [-0.2, -0.15) is 0 Å². The number of para-hydroxylation sites is 1. The molecule has 2 heterocycles. The lowest BCUT2D eigenvalue weighted by Crippen LogP contribution is -2.38. The Bertz CT molecular complexity index is 874. The summed E-state index contributed by atoms with van der Waals surface area (Å²) in [4.78, 5) is 15.6. The molecule has 3 aromatic rings. The van der Waals surface area contributed by atoms with Crippen molar-refractivity contribution < 1.29 is 0 Å². The van der Waals surface area contributed by atoms with Gasteiger partial charge < -0.3 is 15.5 Å². The van der Waals surface area contributed by atoms with Crippen LogP contribution in [0.2, 0.25) is 0 Å². The van der Waals surface area contributed by atoms with E-state index in [4.69, 9.17) is 4.99 Å². The average Bonchev–Trinajstić information content (AvgIpc) is 3.33. The molecule has 0 aliphatic carbocycles. The lowest BCUT2D eigenvalue weighted by atomic mass is 10.2. The number of pyridine rings is 1. The van der Waals surface area contributed by atoms with Crippen molar-refractivity contribution in [1.29, 1.82) is 0 Å². The van der Waals surface area contributed by atoms with Crippen LogP contribution in [0.3, 0.4) is 0 Å². The van der Waals surface area contributed by atoms with E-state index < -0.39 is 0 Å². The van der Waals surface area contributed by atoms with Crippen molar-refractivity contribution in [2.24, 2.45) is 4.99 Å². The van der Waals surface area contributed by atoms with Crippen LogP contribution in [-0.2, 0) is 6.54 Å². The Labute approximate surface area is 178 Å². The first-order valence-corrected chi connectivity index (χ1v) is 10.6. The molecule has 30 heavy (non-hydrogen) atoms. The first-order chi connectivity index (χ1) is 14.8. The molecule has 2 N–H and O–H groups in total. The molecule has 0 radical (unpaired) electrons. The third kappa shape index (κ3) is 6.34. The van der Waals surface area contributed by atoms with Gasteiger partial charge in [-0.25, -0.2) is 15.0 Å². The van der Waals surface area contributed by atoms with Gasteiger partial charge in [0.15, 0.2) is 5.96 Å². The van der Waals surface area contributed by atoms with Gasteiger partial charge in [-0.3, -0.25) is 4.57 Å². The Morgan fingerprint density at radius 1 is 1.10 bits per heavy atom. The van der Waals surface area contributed by atoms with Gasteiger partial charge in [-0.05, 0) is 44.0 Å². The quantitative estimate of drug-likeness (QED) is 0.308. The Balaban J connectivity index is 1.48. The highest BCUT2D eigenvalue weighted by Gasteiger charge is 2.04. The first-order valence-electron chi connectivity index (χ1n) is 10.6. The minimum atomic E-state index is 0.581. The molecular formula is C23H31N7. The fourth-order valence-corrected chi connectivity index (χ4v) is 3.15. The second-order valence-electron chi connectivity index (χ2n) is 6.89. The predicted molar refractivity (Wildman–Crippen MR) is 123 cm³/mol. The van der Waals surface area contributed by atoms with E-state index in [1.54, 1.807) is 12.5 Å². The number of benzene rings is 1. The van der Waals surface area contributed by atoms with Crippen molar-refractivity contribution in [3.05, 3.63) is 72.9 Å². The number of hydrogen-bond acceptors (Lipinski definition) is 4. The number of guanidine groups is 1. The van der Waals surface area contributed by atoms with Crippen molar-refractivity contribution in [2.75, 3.05) is 31.1 Å². The first kappa shape index (κ1) is 21.4. The fourth-order valence-electron chi connectivity index (χ4n) is 3.15. The molecule has 0 saturated carbocycles. The largest absolute Gasteiger partial charge is 0.372 e. The summed E-state index contributed by atoms with van der Waals surface area (Å²) in [6.45, 7) is 8.55. The summed E-state index contributed by atoms with van der Waals surface area (Å²) in [5, 5.41) is 6.75. The Morgan fingerprint density at radius 3 is 2.63 bits per heavy atom. The SMILES string of the molecule is CCNC(=NCc1ccc(-n2ccnc2)nc1)NCCCN(CC)c1ccccc1. The van der Waals surface area contributed by atoms with Gasteiger partial charge in [0.25, 0.3) is 0 Å². The molecular weight excluding hydrogens is 374 g/mol. The number of anilines is 1. The molecule has 0 spiro atoms. The monoisotopic (exact) mass is 405 g/mol. The summed E-state index contributed by atoms with van der Waals surface area (Å²) in [5.41, 5.74) is 2.34. The number of nitrogens with zero attached hydrogens (tertiary/aromatic N) is 5. The van der Waals surface area contributed by atoms with Gasteiger partial charge in [0.1, 0.15) is 12.1 Å². The van der Waals surface area contributed by atoms with Gasteiger partial charge in [0, 0.05) is 50.5 Å². The Morgan fingerprint density at radius 2 is 1.97 bits per heavy atom. The van der Waals surface area contributed by atoms with Crippen molar-refractivity contribution in [2.45, 2.75) is 26.8 Å². The molecule has 0 saturated heterocycles. The van der Waals surface area contributed by atoms with E-state index in [9.17, 15) is 0 Å². The van der Waals surface area contributed by atoms with Crippen molar-refractivity contribution in [1.82, 2.24) is 25.2 Å². The molecule has 0 bridgehead atoms. The standard InChI is InChI=1S/C23H31N7/c1-3-25-23(26-13-8-15-29(4-2)21-9-6-5-7-10-21)28-18-20-11-12-22(27-17-20)30-16-14-24-19-30/h5-7,9-12,14,16-17,19H,3-4,8,13,15,18H2,1-2H3,(H2,25,26,28). The van der Waals surface area contributed by atoms with E-state index in [1.165, 1.54) is 5.69 Å². The van der Waals surface area contributed by atoms with E-state index in [0.717, 1.165) is 49.9 Å². The highest BCUT2D eigenvalue weighted by molar-refractivity contribution is 5.79. The third-order valence-corrected chi connectivity index (χ3v) is 4.74. The maximum atomic E-state index is 4.69. The normalized spacial score (nSPS) is 11.3. The van der Waals surface area contributed by atoms with Crippen molar-refractivity contribution in [3.8, 4) is 5.82 Å². The molecule has 158 valence electrons. The predicted octanol–water partition coefficient (Wildman–Crippen LogP) is 3.24.